The molecule has 0 aliphatic heterocycles. The van der Waals surface area contributed by atoms with E-state index in [4.69, 9.17) is 4.74 Å². The Labute approximate surface area is 115 Å². The Bertz CT molecular complexity index is 201. The fraction of sp³-hybridized carbons (Fsp3) is 0.917. The lowest BCUT2D eigenvalue weighted by molar-refractivity contribution is -0.121. The number of thioether (sulfide) groups is 1. The van der Waals surface area contributed by atoms with Gasteiger partial charge < -0.3 is 10.1 Å². The molecule has 0 aliphatic rings. The van der Waals surface area contributed by atoms with Crippen LogP contribution in [0.2, 0.25) is 0 Å². The van der Waals surface area contributed by atoms with Gasteiger partial charge in [0.1, 0.15) is 0 Å². The van der Waals surface area contributed by atoms with E-state index in [2.05, 4.69) is 31.8 Å². The summed E-state index contributed by atoms with van der Waals surface area (Å²) in [7, 11) is 0. The second kappa shape index (κ2) is 11.2. The van der Waals surface area contributed by atoms with E-state index in [9.17, 15) is 4.79 Å². The van der Waals surface area contributed by atoms with Gasteiger partial charge in [0.25, 0.3) is 0 Å². The normalized spacial score (nSPS) is 12.8. The fourth-order valence-corrected chi connectivity index (χ4v) is 1.76. The van der Waals surface area contributed by atoms with Crippen molar-refractivity contribution < 1.29 is 9.53 Å². The van der Waals surface area contributed by atoms with E-state index in [0.29, 0.717) is 19.6 Å². The first-order chi connectivity index (χ1) is 8.06. The summed E-state index contributed by atoms with van der Waals surface area (Å²) in [6.07, 6.45) is 4.69. The summed E-state index contributed by atoms with van der Waals surface area (Å²) in [6.45, 7) is 6.39. The molecule has 102 valence electrons. The van der Waals surface area contributed by atoms with Crippen molar-refractivity contribution in [3.05, 3.63) is 0 Å². The molecule has 1 unspecified atom stereocenters. The number of carbonyl (C=O) groups is 1. The molecule has 0 aliphatic carbocycles. The maximum Gasteiger partial charge on any atom is 0.222 e. The van der Waals surface area contributed by atoms with Crippen molar-refractivity contribution in [3.63, 3.8) is 0 Å². The maximum atomic E-state index is 11.4. The Morgan fingerprint density at radius 2 is 2.12 bits per heavy atom. The monoisotopic (exact) mass is 279 g/mol. The van der Waals surface area contributed by atoms with Gasteiger partial charge in [-0.05, 0) is 25.0 Å². The number of nitrogens with one attached hydrogen (secondary N) is 1. The number of thiol groups is 1. The van der Waals surface area contributed by atoms with Crippen molar-refractivity contribution in [2.45, 2.75) is 37.7 Å². The summed E-state index contributed by atoms with van der Waals surface area (Å²) in [6, 6.07) is 0. The lowest BCUT2D eigenvalue weighted by Crippen LogP contribution is -2.28. The third-order valence-corrected chi connectivity index (χ3v) is 3.80. The summed E-state index contributed by atoms with van der Waals surface area (Å²) < 4.78 is 5.51. The number of ether oxygens (including phenoxy) is 1. The van der Waals surface area contributed by atoms with Gasteiger partial charge in [-0.2, -0.15) is 24.4 Å². The molecule has 0 saturated carbocycles. The fourth-order valence-electron chi connectivity index (χ4n) is 1.27. The van der Waals surface area contributed by atoms with E-state index >= 15 is 0 Å². The standard InChI is InChI=1S/C12H25NO2S2/c1-10(2)5-4-7-15-8-6-13-11(14)9-12(16)17-3/h10,12,16H,4-9H2,1-3H3,(H,13,14). The third kappa shape index (κ3) is 12.4. The first-order valence-electron chi connectivity index (χ1n) is 6.11. The molecule has 1 atom stereocenters. The summed E-state index contributed by atoms with van der Waals surface area (Å²) in [5, 5.41) is 2.82. The van der Waals surface area contributed by atoms with Crippen molar-refractivity contribution >= 4 is 30.3 Å². The molecular formula is C12H25NO2S2. The highest BCUT2D eigenvalue weighted by Crippen LogP contribution is 2.13. The number of rotatable bonds is 10. The number of carbonyl (C=O) groups excluding carboxylic acids is 1. The minimum atomic E-state index is 0.0464. The zero-order chi connectivity index (χ0) is 13.1. The molecule has 17 heavy (non-hydrogen) atoms. The van der Waals surface area contributed by atoms with Gasteiger partial charge in [-0.3, -0.25) is 4.79 Å². The molecule has 0 bridgehead atoms. The summed E-state index contributed by atoms with van der Waals surface area (Å²) in [4.78, 5) is 11.4. The van der Waals surface area contributed by atoms with E-state index in [0.717, 1.165) is 18.9 Å². The molecule has 0 aromatic rings. The van der Waals surface area contributed by atoms with Crippen molar-refractivity contribution in [2.24, 2.45) is 5.92 Å². The molecule has 0 fully saturated rings. The van der Waals surface area contributed by atoms with Crippen molar-refractivity contribution in [1.29, 1.82) is 0 Å². The Morgan fingerprint density at radius 1 is 1.41 bits per heavy atom. The molecule has 1 amide bonds. The van der Waals surface area contributed by atoms with Gasteiger partial charge in [-0.15, -0.1) is 0 Å². The molecule has 0 rings (SSSR count). The highest BCUT2D eigenvalue weighted by Gasteiger charge is 2.07. The van der Waals surface area contributed by atoms with Gasteiger partial charge in [0.05, 0.1) is 11.2 Å². The molecule has 0 aromatic heterocycles. The molecule has 5 heteroatoms. The summed E-state index contributed by atoms with van der Waals surface area (Å²) in [5.74, 6) is 0.780. The highest BCUT2D eigenvalue weighted by molar-refractivity contribution is 8.09. The zero-order valence-corrected chi connectivity index (χ0v) is 12.8. The third-order valence-electron chi connectivity index (χ3n) is 2.27. The Kier molecular flexibility index (Phi) is 11.3. The van der Waals surface area contributed by atoms with Gasteiger partial charge in [0, 0.05) is 19.6 Å². The van der Waals surface area contributed by atoms with Gasteiger partial charge in [-0.25, -0.2) is 0 Å². The Hall–Kier alpha value is 0.130. The van der Waals surface area contributed by atoms with Crippen LogP contribution in [-0.2, 0) is 9.53 Å². The summed E-state index contributed by atoms with van der Waals surface area (Å²) in [5.41, 5.74) is 0. The summed E-state index contributed by atoms with van der Waals surface area (Å²) >= 11 is 5.83. The highest BCUT2D eigenvalue weighted by atomic mass is 32.2. The van der Waals surface area contributed by atoms with Crippen molar-refractivity contribution in [3.8, 4) is 0 Å². The SMILES string of the molecule is CSC(S)CC(=O)NCCOCCCC(C)C. The number of hydrogen-bond acceptors (Lipinski definition) is 4. The molecule has 0 spiro atoms. The number of hydrogen-bond donors (Lipinski definition) is 2. The predicted octanol–water partition coefficient (Wildman–Crippen LogP) is 2.56. The van der Waals surface area contributed by atoms with Crippen LogP contribution < -0.4 is 5.32 Å². The van der Waals surface area contributed by atoms with Crippen molar-refractivity contribution in [2.75, 3.05) is 26.0 Å². The van der Waals surface area contributed by atoms with Gasteiger partial charge in [-0.1, -0.05) is 13.8 Å². The predicted molar refractivity (Wildman–Crippen MR) is 78.8 cm³/mol. The van der Waals surface area contributed by atoms with Crippen LogP contribution in [0.3, 0.4) is 0 Å². The quantitative estimate of drug-likeness (QED) is 0.367. The van der Waals surface area contributed by atoms with Crippen LogP contribution in [0, 0.1) is 5.92 Å². The lowest BCUT2D eigenvalue weighted by Gasteiger charge is -2.09. The second-order valence-electron chi connectivity index (χ2n) is 4.39. The average molecular weight is 279 g/mol. The Morgan fingerprint density at radius 3 is 2.71 bits per heavy atom. The van der Waals surface area contributed by atoms with Crippen LogP contribution >= 0.6 is 24.4 Å². The lowest BCUT2D eigenvalue weighted by atomic mass is 10.1. The van der Waals surface area contributed by atoms with Crippen LogP contribution in [-0.4, -0.2) is 36.5 Å². The molecule has 0 radical (unpaired) electrons. The molecule has 3 nitrogen and oxygen atoms in total. The maximum absolute atomic E-state index is 11.4. The first kappa shape index (κ1) is 17.1. The minimum absolute atomic E-state index is 0.0464. The Balaban J connectivity index is 3.25. The van der Waals surface area contributed by atoms with Gasteiger partial charge >= 0.3 is 0 Å². The van der Waals surface area contributed by atoms with E-state index in [1.54, 1.807) is 11.8 Å². The second-order valence-corrected chi connectivity index (χ2v) is 6.41. The topological polar surface area (TPSA) is 38.3 Å². The molecular weight excluding hydrogens is 254 g/mol. The molecule has 1 N–H and O–H groups in total. The molecule has 0 heterocycles. The average Bonchev–Trinajstić information content (AvgIpc) is 2.27. The molecule has 0 aromatic carbocycles. The minimum Gasteiger partial charge on any atom is -0.380 e. The van der Waals surface area contributed by atoms with Crippen LogP contribution in [0.4, 0.5) is 0 Å². The van der Waals surface area contributed by atoms with Crippen LogP contribution in [0.15, 0.2) is 0 Å². The van der Waals surface area contributed by atoms with E-state index < -0.39 is 0 Å². The van der Waals surface area contributed by atoms with E-state index in [1.165, 1.54) is 6.42 Å². The van der Waals surface area contributed by atoms with Crippen molar-refractivity contribution in [1.82, 2.24) is 5.32 Å². The van der Waals surface area contributed by atoms with E-state index in [-0.39, 0.29) is 10.5 Å². The largest absolute Gasteiger partial charge is 0.380 e. The van der Waals surface area contributed by atoms with Crippen LogP contribution in [0.5, 0.6) is 0 Å². The van der Waals surface area contributed by atoms with Gasteiger partial charge in [0.15, 0.2) is 0 Å². The number of amides is 1. The van der Waals surface area contributed by atoms with Crippen LogP contribution in [0.25, 0.3) is 0 Å². The zero-order valence-electron chi connectivity index (χ0n) is 11.1. The smallest absolute Gasteiger partial charge is 0.222 e. The first-order valence-corrected chi connectivity index (χ1v) is 7.92. The molecule has 0 saturated heterocycles. The van der Waals surface area contributed by atoms with E-state index in [1.807, 2.05) is 6.26 Å². The van der Waals surface area contributed by atoms with Gasteiger partial charge in [0.2, 0.25) is 5.91 Å². The van der Waals surface area contributed by atoms with Crippen LogP contribution in [0.1, 0.15) is 33.1 Å².